The van der Waals surface area contributed by atoms with Gasteiger partial charge in [0.25, 0.3) is 0 Å². The minimum atomic E-state index is 0.792. The number of fused-ring (bicyclic) bond motifs is 1. The van der Waals surface area contributed by atoms with E-state index in [0.29, 0.717) is 0 Å². The van der Waals surface area contributed by atoms with Gasteiger partial charge in [-0.15, -0.1) is 0 Å². The molecule has 0 bridgehead atoms. The topological polar surface area (TPSA) is 42.7 Å². The molecule has 4 heteroatoms. The van der Waals surface area contributed by atoms with Gasteiger partial charge >= 0.3 is 0 Å². The van der Waals surface area contributed by atoms with E-state index in [4.69, 9.17) is 0 Å². The van der Waals surface area contributed by atoms with Crippen molar-refractivity contribution in [2.24, 2.45) is 0 Å². The summed E-state index contributed by atoms with van der Waals surface area (Å²) in [7, 11) is 0. The SMILES string of the molecule is c1ccc2c(CNc3ccc(-n4nccn4)cc3)cccc2c1. The number of nitrogens with zero attached hydrogens (tertiary/aromatic N) is 3. The van der Waals surface area contributed by atoms with Crippen molar-refractivity contribution in [1.29, 1.82) is 0 Å². The summed E-state index contributed by atoms with van der Waals surface area (Å²) in [6.45, 7) is 0.792. The van der Waals surface area contributed by atoms with Crippen molar-refractivity contribution in [3.05, 3.63) is 84.7 Å². The van der Waals surface area contributed by atoms with Crippen LogP contribution < -0.4 is 5.32 Å². The highest BCUT2D eigenvalue weighted by Crippen LogP contribution is 2.20. The first-order chi connectivity index (χ1) is 11.4. The van der Waals surface area contributed by atoms with Gasteiger partial charge in [-0.25, -0.2) is 0 Å². The standard InChI is InChI=1S/C19H16N4/c1-2-7-19-15(4-1)5-3-6-16(19)14-20-17-8-10-18(11-9-17)23-21-12-13-22-23/h1-13,20H,14H2. The molecular weight excluding hydrogens is 284 g/mol. The number of hydrogen-bond donors (Lipinski definition) is 1. The lowest BCUT2D eigenvalue weighted by molar-refractivity contribution is 0.752. The van der Waals surface area contributed by atoms with Crippen LogP contribution in [0.3, 0.4) is 0 Å². The fourth-order valence-electron chi connectivity index (χ4n) is 2.71. The van der Waals surface area contributed by atoms with Crippen LogP contribution in [0, 0.1) is 0 Å². The van der Waals surface area contributed by atoms with Crippen molar-refractivity contribution < 1.29 is 0 Å². The summed E-state index contributed by atoms with van der Waals surface area (Å²) in [5, 5.41) is 14.3. The first kappa shape index (κ1) is 13.5. The maximum absolute atomic E-state index is 4.13. The molecule has 4 rings (SSSR count). The molecule has 23 heavy (non-hydrogen) atoms. The molecule has 0 aliphatic carbocycles. The number of rotatable bonds is 4. The van der Waals surface area contributed by atoms with Crippen molar-refractivity contribution in [3.8, 4) is 5.69 Å². The van der Waals surface area contributed by atoms with E-state index in [1.165, 1.54) is 16.3 Å². The van der Waals surface area contributed by atoms with Crippen molar-refractivity contribution in [2.45, 2.75) is 6.54 Å². The molecule has 0 saturated carbocycles. The van der Waals surface area contributed by atoms with Gasteiger partial charge < -0.3 is 5.32 Å². The largest absolute Gasteiger partial charge is 0.381 e. The Balaban J connectivity index is 1.52. The average molecular weight is 300 g/mol. The normalized spacial score (nSPS) is 10.8. The Kier molecular flexibility index (Phi) is 3.48. The van der Waals surface area contributed by atoms with Gasteiger partial charge in [0.1, 0.15) is 0 Å². The van der Waals surface area contributed by atoms with Crippen molar-refractivity contribution in [3.63, 3.8) is 0 Å². The second kappa shape index (κ2) is 5.93. The van der Waals surface area contributed by atoms with Gasteiger partial charge in [0, 0.05) is 12.2 Å². The van der Waals surface area contributed by atoms with Gasteiger partial charge in [0.15, 0.2) is 0 Å². The maximum atomic E-state index is 4.13. The molecule has 0 aliphatic rings. The first-order valence-corrected chi connectivity index (χ1v) is 7.57. The summed E-state index contributed by atoms with van der Waals surface area (Å²) in [4.78, 5) is 1.61. The lowest BCUT2D eigenvalue weighted by Gasteiger charge is -2.10. The molecule has 112 valence electrons. The predicted octanol–water partition coefficient (Wildman–Crippen LogP) is 4.03. The summed E-state index contributed by atoms with van der Waals surface area (Å²) in [5.74, 6) is 0. The molecule has 0 fully saturated rings. The number of nitrogens with one attached hydrogen (secondary N) is 1. The van der Waals surface area contributed by atoms with Gasteiger partial charge in [-0.2, -0.15) is 15.0 Å². The molecule has 1 aromatic heterocycles. The second-order valence-corrected chi connectivity index (χ2v) is 5.36. The molecule has 4 nitrogen and oxygen atoms in total. The van der Waals surface area contributed by atoms with Crippen molar-refractivity contribution in [1.82, 2.24) is 15.0 Å². The molecule has 0 radical (unpaired) electrons. The highest BCUT2D eigenvalue weighted by atomic mass is 15.5. The van der Waals surface area contributed by atoms with Crippen LogP contribution in [0.15, 0.2) is 79.1 Å². The maximum Gasteiger partial charge on any atom is 0.0858 e. The monoisotopic (exact) mass is 300 g/mol. The second-order valence-electron chi connectivity index (χ2n) is 5.36. The van der Waals surface area contributed by atoms with E-state index in [2.05, 4.69) is 58.0 Å². The number of anilines is 1. The van der Waals surface area contributed by atoms with E-state index in [0.717, 1.165) is 17.9 Å². The van der Waals surface area contributed by atoms with Crippen LogP contribution in [0.25, 0.3) is 16.5 Å². The van der Waals surface area contributed by atoms with Gasteiger partial charge in [0.05, 0.1) is 18.1 Å². The van der Waals surface area contributed by atoms with E-state index in [1.54, 1.807) is 17.2 Å². The molecule has 0 unspecified atom stereocenters. The molecule has 1 N–H and O–H groups in total. The number of aromatic nitrogens is 3. The Bertz CT molecular complexity index is 906. The smallest absolute Gasteiger partial charge is 0.0858 e. The van der Waals surface area contributed by atoms with Gasteiger partial charge in [-0.1, -0.05) is 42.5 Å². The van der Waals surface area contributed by atoms with Crippen LogP contribution in [0.2, 0.25) is 0 Å². The van der Waals surface area contributed by atoms with Crippen LogP contribution >= 0.6 is 0 Å². The molecular formula is C19H16N4. The Morgan fingerprint density at radius 2 is 1.52 bits per heavy atom. The van der Waals surface area contributed by atoms with E-state index < -0.39 is 0 Å². The Hall–Kier alpha value is -3.14. The fourth-order valence-corrected chi connectivity index (χ4v) is 2.71. The summed E-state index contributed by atoms with van der Waals surface area (Å²) in [5.41, 5.74) is 3.32. The molecule has 1 heterocycles. The van der Waals surface area contributed by atoms with E-state index in [-0.39, 0.29) is 0 Å². The highest BCUT2D eigenvalue weighted by molar-refractivity contribution is 5.85. The molecule has 0 spiro atoms. The van der Waals surface area contributed by atoms with Gasteiger partial charge in [0.2, 0.25) is 0 Å². The van der Waals surface area contributed by atoms with E-state index in [1.807, 2.05) is 24.3 Å². The van der Waals surface area contributed by atoms with Crippen LogP contribution in [-0.2, 0) is 6.54 Å². The van der Waals surface area contributed by atoms with E-state index >= 15 is 0 Å². The predicted molar refractivity (Wildman–Crippen MR) is 92.6 cm³/mol. The quantitative estimate of drug-likeness (QED) is 0.618. The molecule has 4 aromatic rings. The third kappa shape index (κ3) is 2.79. The fraction of sp³-hybridized carbons (Fsp3) is 0.0526. The number of hydrogen-bond acceptors (Lipinski definition) is 3. The third-order valence-electron chi connectivity index (χ3n) is 3.88. The van der Waals surface area contributed by atoms with Crippen LogP contribution in [-0.4, -0.2) is 15.0 Å². The Morgan fingerprint density at radius 1 is 0.783 bits per heavy atom. The van der Waals surface area contributed by atoms with E-state index in [9.17, 15) is 0 Å². The Labute approximate surface area is 134 Å². The summed E-state index contributed by atoms with van der Waals surface area (Å²) >= 11 is 0. The van der Waals surface area contributed by atoms with Crippen LogP contribution in [0.1, 0.15) is 5.56 Å². The summed E-state index contributed by atoms with van der Waals surface area (Å²) in [6, 6.07) is 23.0. The molecule has 0 aliphatic heterocycles. The molecule has 3 aromatic carbocycles. The Morgan fingerprint density at radius 3 is 2.35 bits per heavy atom. The first-order valence-electron chi connectivity index (χ1n) is 7.57. The summed E-state index contributed by atoms with van der Waals surface area (Å²) in [6.07, 6.45) is 3.35. The minimum absolute atomic E-state index is 0.792. The minimum Gasteiger partial charge on any atom is -0.381 e. The lowest BCUT2D eigenvalue weighted by Crippen LogP contribution is -2.01. The highest BCUT2D eigenvalue weighted by Gasteiger charge is 2.01. The average Bonchev–Trinajstić information content (AvgIpc) is 3.15. The van der Waals surface area contributed by atoms with Gasteiger partial charge in [-0.05, 0) is 40.6 Å². The van der Waals surface area contributed by atoms with Crippen LogP contribution in [0.5, 0.6) is 0 Å². The van der Waals surface area contributed by atoms with Crippen molar-refractivity contribution in [2.75, 3.05) is 5.32 Å². The third-order valence-corrected chi connectivity index (χ3v) is 3.88. The van der Waals surface area contributed by atoms with Gasteiger partial charge in [-0.3, -0.25) is 0 Å². The lowest BCUT2D eigenvalue weighted by atomic mass is 10.0. The molecule has 0 saturated heterocycles. The zero-order valence-electron chi connectivity index (χ0n) is 12.6. The zero-order valence-corrected chi connectivity index (χ0v) is 12.6. The van der Waals surface area contributed by atoms with Crippen molar-refractivity contribution >= 4 is 16.5 Å². The molecule has 0 atom stereocenters. The zero-order chi connectivity index (χ0) is 15.5. The molecule has 0 amide bonds. The summed E-state index contributed by atoms with van der Waals surface area (Å²) < 4.78 is 0. The number of benzene rings is 3. The van der Waals surface area contributed by atoms with Crippen LogP contribution in [0.4, 0.5) is 5.69 Å².